The zero-order valence-corrected chi connectivity index (χ0v) is 8.47. The number of rotatable bonds is 0. The lowest BCUT2D eigenvalue weighted by Crippen LogP contribution is -2.41. The van der Waals surface area contributed by atoms with E-state index in [-0.39, 0.29) is 0 Å². The highest BCUT2D eigenvalue weighted by Gasteiger charge is 2.40. The highest BCUT2D eigenvalue weighted by Crippen LogP contribution is 2.36. The number of nitrogens with two attached hydrogens (primary N) is 1. The molecule has 2 aliphatic heterocycles. The number of hydrogen-bond donors (Lipinski definition) is 2. The molecular formula is C10H11N3O3. The van der Waals surface area contributed by atoms with E-state index in [2.05, 4.69) is 5.43 Å². The Morgan fingerprint density at radius 2 is 2.25 bits per heavy atom. The van der Waals surface area contributed by atoms with Gasteiger partial charge in [-0.25, -0.2) is 15.2 Å². The molecule has 3 N–H and O–H groups in total. The monoisotopic (exact) mass is 221 g/mol. The number of ether oxygens (including phenoxy) is 2. The van der Waals surface area contributed by atoms with Crippen LogP contribution in [-0.4, -0.2) is 23.4 Å². The summed E-state index contributed by atoms with van der Waals surface area (Å²) in [5, 5.41) is 1.33. The first kappa shape index (κ1) is 9.29. The van der Waals surface area contributed by atoms with E-state index < -0.39 is 11.8 Å². The van der Waals surface area contributed by atoms with Crippen LogP contribution in [0.15, 0.2) is 35.9 Å². The van der Waals surface area contributed by atoms with Crippen LogP contribution in [0, 0.1) is 0 Å². The first-order valence-corrected chi connectivity index (χ1v) is 4.95. The van der Waals surface area contributed by atoms with Crippen LogP contribution >= 0.6 is 0 Å². The Bertz CT molecular complexity index is 431. The molecule has 1 spiro atoms. The van der Waals surface area contributed by atoms with Gasteiger partial charge in [0.15, 0.2) is 0 Å². The third kappa shape index (κ3) is 1.20. The molecule has 0 atom stereocenters. The fraction of sp³-hybridized carbons (Fsp3) is 0.300. The molecule has 0 aromatic carbocycles. The predicted molar refractivity (Wildman–Crippen MR) is 54.2 cm³/mol. The summed E-state index contributed by atoms with van der Waals surface area (Å²) in [6, 6.07) is -0.517. The number of amides is 2. The summed E-state index contributed by atoms with van der Waals surface area (Å²) in [7, 11) is 0. The minimum atomic E-state index is -0.728. The van der Waals surface area contributed by atoms with Crippen molar-refractivity contribution in [3.8, 4) is 0 Å². The van der Waals surface area contributed by atoms with Crippen molar-refractivity contribution in [2.24, 2.45) is 5.73 Å². The third-order valence-electron chi connectivity index (χ3n) is 2.82. The molecule has 0 fully saturated rings. The van der Waals surface area contributed by atoms with Crippen molar-refractivity contribution in [1.29, 1.82) is 0 Å². The van der Waals surface area contributed by atoms with Gasteiger partial charge >= 0.3 is 6.03 Å². The minimum Gasteiger partial charge on any atom is -0.453 e. The van der Waals surface area contributed by atoms with E-state index in [1.807, 2.05) is 0 Å². The van der Waals surface area contributed by atoms with Crippen molar-refractivity contribution in [2.75, 3.05) is 6.54 Å². The molecule has 2 amide bonds. The number of hydrazine groups is 1. The van der Waals surface area contributed by atoms with Crippen LogP contribution in [0.1, 0.15) is 6.42 Å². The van der Waals surface area contributed by atoms with E-state index in [1.165, 1.54) is 17.5 Å². The normalized spacial score (nSPS) is 24.6. The zero-order chi connectivity index (χ0) is 11.2. The molecule has 0 unspecified atom stereocenters. The first-order valence-electron chi connectivity index (χ1n) is 4.95. The Morgan fingerprint density at radius 1 is 1.50 bits per heavy atom. The van der Waals surface area contributed by atoms with Gasteiger partial charge in [0.05, 0.1) is 12.1 Å². The molecule has 6 nitrogen and oxygen atoms in total. The van der Waals surface area contributed by atoms with E-state index >= 15 is 0 Å². The number of carbonyl (C=O) groups is 1. The van der Waals surface area contributed by atoms with Crippen molar-refractivity contribution in [3.05, 3.63) is 35.9 Å². The highest BCUT2D eigenvalue weighted by molar-refractivity contribution is 5.75. The fourth-order valence-electron chi connectivity index (χ4n) is 2.09. The maximum absolute atomic E-state index is 11.1. The van der Waals surface area contributed by atoms with Gasteiger partial charge in [0.25, 0.3) is 5.79 Å². The average molecular weight is 221 g/mol. The van der Waals surface area contributed by atoms with Crippen LogP contribution in [0.4, 0.5) is 4.79 Å². The average Bonchev–Trinajstić information content (AvgIpc) is 2.85. The maximum atomic E-state index is 11.1. The van der Waals surface area contributed by atoms with E-state index in [9.17, 15) is 4.79 Å². The van der Waals surface area contributed by atoms with Gasteiger partial charge in [-0.3, -0.25) is 0 Å². The number of urea groups is 1. The number of nitrogens with zero attached hydrogens (tertiary/aromatic N) is 1. The summed E-state index contributed by atoms with van der Waals surface area (Å²) in [5.74, 6) is -0.728. The Hall–Kier alpha value is -1.95. The summed E-state index contributed by atoms with van der Waals surface area (Å²) in [5.41, 5.74) is 9.97. The summed E-state index contributed by atoms with van der Waals surface area (Å²) in [6.45, 7) is 0.580. The Kier molecular flexibility index (Phi) is 1.75. The van der Waals surface area contributed by atoms with Crippen molar-refractivity contribution < 1.29 is 14.3 Å². The van der Waals surface area contributed by atoms with Crippen molar-refractivity contribution >= 4 is 6.03 Å². The van der Waals surface area contributed by atoms with Gasteiger partial charge in [-0.05, 0) is 11.6 Å². The molecule has 84 valence electrons. The van der Waals surface area contributed by atoms with Crippen LogP contribution in [0.3, 0.4) is 0 Å². The maximum Gasteiger partial charge on any atom is 0.333 e. The standard InChI is InChI=1S/C10H11N3O3/c11-9(14)13-8-1-2-10(15-3-4-16-10)5-7(8)6-12-13/h1-4,12H,5-6H2,(H2,11,14). The Balaban J connectivity index is 1.87. The highest BCUT2D eigenvalue weighted by atomic mass is 16.7. The van der Waals surface area contributed by atoms with E-state index in [0.717, 1.165) is 11.3 Å². The molecule has 1 aliphatic carbocycles. The third-order valence-corrected chi connectivity index (χ3v) is 2.82. The summed E-state index contributed by atoms with van der Waals surface area (Å²) >= 11 is 0. The molecule has 2 heterocycles. The lowest BCUT2D eigenvalue weighted by molar-refractivity contribution is -0.0984. The molecule has 0 bridgehead atoms. The smallest absolute Gasteiger partial charge is 0.333 e. The first-order chi connectivity index (χ1) is 7.70. The molecule has 6 heteroatoms. The molecule has 0 saturated heterocycles. The van der Waals surface area contributed by atoms with Gasteiger partial charge in [0, 0.05) is 12.6 Å². The minimum absolute atomic E-state index is 0.517. The SMILES string of the molecule is NC(=O)N1NCC2=C1C=CC1(C2)OC=CO1. The number of nitrogens with one attached hydrogen (secondary N) is 1. The van der Waals surface area contributed by atoms with Crippen LogP contribution < -0.4 is 11.2 Å². The van der Waals surface area contributed by atoms with Gasteiger partial charge in [-0.15, -0.1) is 0 Å². The van der Waals surface area contributed by atoms with Crippen LogP contribution in [-0.2, 0) is 9.47 Å². The number of carbonyl (C=O) groups excluding carboxylic acids is 1. The Labute approximate surface area is 91.9 Å². The fourth-order valence-corrected chi connectivity index (χ4v) is 2.09. The van der Waals surface area contributed by atoms with E-state index in [4.69, 9.17) is 15.2 Å². The number of primary amides is 1. The summed E-state index contributed by atoms with van der Waals surface area (Å²) in [4.78, 5) is 11.1. The van der Waals surface area contributed by atoms with Gasteiger partial charge in [-0.2, -0.15) is 0 Å². The lowest BCUT2D eigenvalue weighted by atomic mass is 9.98. The molecule has 3 aliphatic rings. The van der Waals surface area contributed by atoms with E-state index in [0.29, 0.717) is 13.0 Å². The predicted octanol–water partition coefficient (Wildman–Crippen LogP) is 0.314. The van der Waals surface area contributed by atoms with Gasteiger partial charge in [-0.1, -0.05) is 0 Å². The van der Waals surface area contributed by atoms with Crippen LogP contribution in [0.2, 0.25) is 0 Å². The van der Waals surface area contributed by atoms with Gasteiger partial charge in [0.2, 0.25) is 0 Å². The van der Waals surface area contributed by atoms with Crippen molar-refractivity contribution in [1.82, 2.24) is 10.4 Å². The molecule has 3 rings (SSSR count). The second-order valence-corrected chi connectivity index (χ2v) is 3.83. The largest absolute Gasteiger partial charge is 0.453 e. The molecule has 0 radical (unpaired) electrons. The summed E-state index contributed by atoms with van der Waals surface area (Å²) < 4.78 is 10.8. The molecule has 16 heavy (non-hydrogen) atoms. The Morgan fingerprint density at radius 3 is 2.94 bits per heavy atom. The van der Waals surface area contributed by atoms with Crippen LogP contribution in [0.5, 0.6) is 0 Å². The van der Waals surface area contributed by atoms with Crippen molar-refractivity contribution in [3.63, 3.8) is 0 Å². The van der Waals surface area contributed by atoms with E-state index in [1.54, 1.807) is 12.2 Å². The quantitative estimate of drug-likeness (QED) is 0.617. The van der Waals surface area contributed by atoms with Crippen molar-refractivity contribution in [2.45, 2.75) is 12.2 Å². The summed E-state index contributed by atoms with van der Waals surface area (Å²) in [6.07, 6.45) is 7.20. The number of hydrogen-bond acceptors (Lipinski definition) is 4. The molecule has 0 aromatic heterocycles. The zero-order valence-electron chi connectivity index (χ0n) is 8.47. The number of allylic oxidation sites excluding steroid dienone is 1. The molecule has 0 aromatic rings. The second kappa shape index (κ2) is 3.02. The van der Waals surface area contributed by atoms with Crippen LogP contribution in [0.25, 0.3) is 0 Å². The topological polar surface area (TPSA) is 76.8 Å². The molecular weight excluding hydrogens is 210 g/mol. The van der Waals surface area contributed by atoms with Gasteiger partial charge < -0.3 is 15.2 Å². The lowest BCUT2D eigenvalue weighted by Gasteiger charge is -2.28. The molecule has 0 saturated carbocycles. The van der Waals surface area contributed by atoms with Gasteiger partial charge in [0.1, 0.15) is 12.5 Å². The second-order valence-electron chi connectivity index (χ2n) is 3.83.